The molecule has 1 aliphatic carbocycles. The molecule has 1 saturated carbocycles. The number of thioether (sulfide) groups is 1. The number of benzene rings is 2. The summed E-state index contributed by atoms with van der Waals surface area (Å²) in [5, 5.41) is 13.4. The monoisotopic (exact) mass is 488 g/mol. The number of nitrogens with one attached hydrogen (secondary N) is 3. The van der Waals surface area contributed by atoms with E-state index in [1.54, 1.807) is 41.0 Å². The number of hydrogen-bond acceptors (Lipinski definition) is 6. The lowest BCUT2D eigenvalue weighted by Gasteiger charge is -2.13. The van der Waals surface area contributed by atoms with Crippen LogP contribution in [-0.4, -0.2) is 43.4 Å². The maximum absolute atomic E-state index is 13.3. The second-order valence-corrected chi connectivity index (χ2v) is 9.46. The summed E-state index contributed by atoms with van der Waals surface area (Å²) < 4.78 is 1.57. The van der Waals surface area contributed by atoms with E-state index in [1.165, 1.54) is 11.8 Å². The van der Waals surface area contributed by atoms with Crippen molar-refractivity contribution in [1.82, 2.24) is 25.1 Å². The van der Waals surface area contributed by atoms with Crippen LogP contribution in [0.3, 0.4) is 0 Å². The summed E-state index contributed by atoms with van der Waals surface area (Å²) in [6.07, 6.45) is 2.06. The first kappa shape index (κ1) is 22.9. The number of aryl methyl sites for hydroxylation is 1. The maximum Gasteiger partial charge on any atom is 0.262 e. The van der Waals surface area contributed by atoms with E-state index >= 15 is 0 Å². The van der Waals surface area contributed by atoms with E-state index in [1.807, 2.05) is 25.1 Å². The quantitative estimate of drug-likeness (QED) is 0.259. The summed E-state index contributed by atoms with van der Waals surface area (Å²) >= 11 is 1.19. The Hall–Kier alpha value is -3.92. The highest BCUT2D eigenvalue weighted by Crippen LogP contribution is 2.21. The first-order chi connectivity index (χ1) is 17.0. The van der Waals surface area contributed by atoms with Gasteiger partial charge < -0.3 is 10.6 Å². The number of hydrogen-bond donors (Lipinski definition) is 3. The Bertz CT molecular complexity index is 1460. The van der Waals surface area contributed by atoms with E-state index in [2.05, 4.69) is 25.8 Å². The van der Waals surface area contributed by atoms with E-state index in [0.717, 1.165) is 24.1 Å². The third-order valence-electron chi connectivity index (χ3n) is 5.60. The lowest BCUT2D eigenvalue weighted by Crippen LogP contribution is -2.26. The molecule has 0 aliphatic heterocycles. The molecule has 2 aromatic heterocycles. The van der Waals surface area contributed by atoms with Gasteiger partial charge in [-0.2, -0.15) is 5.10 Å². The van der Waals surface area contributed by atoms with Crippen LogP contribution in [-0.2, 0) is 11.3 Å². The molecule has 1 aliphatic rings. The number of aromatic nitrogens is 4. The number of anilines is 1. The molecule has 0 spiro atoms. The Morgan fingerprint density at radius 3 is 2.63 bits per heavy atom. The maximum atomic E-state index is 13.3. The number of rotatable bonds is 8. The molecule has 35 heavy (non-hydrogen) atoms. The number of para-hydroxylation sites is 1. The highest BCUT2D eigenvalue weighted by molar-refractivity contribution is 7.99. The summed E-state index contributed by atoms with van der Waals surface area (Å²) in [4.78, 5) is 42.7. The zero-order valence-corrected chi connectivity index (χ0v) is 19.9. The second-order valence-electron chi connectivity index (χ2n) is 8.52. The fourth-order valence-corrected chi connectivity index (χ4v) is 4.43. The van der Waals surface area contributed by atoms with Gasteiger partial charge in [0.25, 0.3) is 11.5 Å². The minimum Gasteiger partial charge on any atom is -0.349 e. The van der Waals surface area contributed by atoms with Crippen molar-refractivity contribution in [1.29, 1.82) is 0 Å². The minimum atomic E-state index is -0.249. The average molecular weight is 489 g/mol. The van der Waals surface area contributed by atoms with Gasteiger partial charge in [0.2, 0.25) is 5.91 Å². The summed E-state index contributed by atoms with van der Waals surface area (Å²) in [6, 6.07) is 16.4. The minimum absolute atomic E-state index is 0.0664. The van der Waals surface area contributed by atoms with Crippen molar-refractivity contribution in [3.8, 4) is 0 Å². The topological polar surface area (TPSA) is 122 Å². The molecular weight excluding hydrogens is 464 g/mol. The molecule has 2 aromatic carbocycles. The Labute approximate surface area is 205 Å². The second kappa shape index (κ2) is 9.75. The van der Waals surface area contributed by atoms with E-state index in [4.69, 9.17) is 0 Å². The Balaban J connectivity index is 1.37. The molecule has 0 bridgehead atoms. The molecule has 0 radical (unpaired) electrons. The van der Waals surface area contributed by atoms with Crippen LogP contribution < -0.4 is 16.2 Å². The summed E-state index contributed by atoms with van der Waals surface area (Å²) in [7, 11) is 0. The standard InChI is InChI=1S/C25H24N6O3S/c1-15-12-21(30-29-15)28-22(32)14-35-25-27-20-5-3-2-4-19(20)24(34)31(25)13-16-6-8-17(9-7-16)23(33)26-18-10-11-18/h2-9,12,18H,10-11,13-14H2,1H3,(H,26,33)(H2,28,29,30,32). The van der Waals surface area contributed by atoms with Crippen LogP contribution in [0.5, 0.6) is 0 Å². The Kier molecular flexibility index (Phi) is 6.37. The van der Waals surface area contributed by atoms with Gasteiger partial charge in [-0.1, -0.05) is 36.0 Å². The summed E-state index contributed by atoms with van der Waals surface area (Å²) in [5.41, 5.74) is 2.67. The fraction of sp³-hybridized carbons (Fsp3) is 0.240. The molecule has 3 N–H and O–H groups in total. The van der Waals surface area contributed by atoms with Gasteiger partial charge in [-0.3, -0.25) is 24.0 Å². The molecule has 10 heteroatoms. The van der Waals surface area contributed by atoms with Gasteiger partial charge in [0.15, 0.2) is 11.0 Å². The molecular formula is C25H24N6O3S. The third-order valence-corrected chi connectivity index (χ3v) is 6.58. The van der Waals surface area contributed by atoms with Gasteiger partial charge in [-0.05, 0) is 49.6 Å². The van der Waals surface area contributed by atoms with Crippen molar-refractivity contribution in [3.05, 3.63) is 81.8 Å². The van der Waals surface area contributed by atoms with E-state index < -0.39 is 0 Å². The van der Waals surface area contributed by atoms with Crippen LogP contribution in [0.15, 0.2) is 64.5 Å². The molecule has 1 fully saturated rings. The summed E-state index contributed by atoms with van der Waals surface area (Å²) in [5.74, 6) is 0.180. The number of amides is 2. The predicted octanol–water partition coefficient (Wildman–Crippen LogP) is 3.10. The number of carbonyl (C=O) groups is 2. The van der Waals surface area contributed by atoms with Crippen molar-refractivity contribution in [2.24, 2.45) is 0 Å². The Morgan fingerprint density at radius 2 is 1.91 bits per heavy atom. The average Bonchev–Trinajstić information content (AvgIpc) is 3.58. The lowest BCUT2D eigenvalue weighted by atomic mass is 10.1. The molecule has 5 rings (SSSR count). The van der Waals surface area contributed by atoms with Crippen LogP contribution >= 0.6 is 11.8 Å². The van der Waals surface area contributed by atoms with Crippen molar-refractivity contribution < 1.29 is 9.59 Å². The van der Waals surface area contributed by atoms with Crippen LogP contribution in [0.25, 0.3) is 10.9 Å². The van der Waals surface area contributed by atoms with Crippen LogP contribution in [0.2, 0.25) is 0 Å². The molecule has 4 aromatic rings. The number of aromatic amines is 1. The van der Waals surface area contributed by atoms with Gasteiger partial charge in [0.05, 0.1) is 23.2 Å². The zero-order chi connectivity index (χ0) is 24.4. The molecule has 2 heterocycles. The molecule has 2 amide bonds. The Morgan fingerprint density at radius 1 is 1.14 bits per heavy atom. The third kappa shape index (κ3) is 5.43. The largest absolute Gasteiger partial charge is 0.349 e. The fourth-order valence-electron chi connectivity index (χ4n) is 3.63. The molecule has 0 unspecified atom stereocenters. The van der Waals surface area contributed by atoms with Crippen LogP contribution in [0, 0.1) is 6.92 Å². The first-order valence-corrected chi connectivity index (χ1v) is 12.3. The predicted molar refractivity (Wildman–Crippen MR) is 135 cm³/mol. The van der Waals surface area contributed by atoms with Crippen molar-refractivity contribution in [2.75, 3.05) is 11.1 Å². The number of fused-ring (bicyclic) bond motifs is 1. The summed E-state index contributed by atoms with van der Waals surface area (Å²) in [6.45, 7) is 2.12. The molecule has 0 atom stereocenters. The van der Waals surface area contributed by atoms with Gasteiger partial charge in [0, 0.05) is 23.4 Å². The van der Waals surface area contributed by atoms with E-state index in [-0.39, 0.29) is 29.7 Å². The zero-order valence-electron chi connectivity index (χ0n) is 19.1. The normalized spacial score (nSPS) is 13.1. The number of nitrogens with zero attached hydrogens (tertiary/aromatic N) is 3. The molecule has 9 nitrogen and oxygen atoms in total. The van der Waals surface area contributed by atoms with Crippen molar-refractivity contribution in [3.63, 3.8) is 0 Å². The molecule has 0 saturated heterocycles. The van der Waals surface area contributed by atoms with Crippen molar-refractivity contribution >= 4 is 40.3 Å². The highest BCUT2D eigenvalue weighted by atomic mass is 32.2. The smallest absolute Gasteiger partial charge is 0.262 e. The van der Waals surface area contributed by atoms with E-state index in [9.17, 15) is 14.4 Å². The van der Waals surface area contributed by atoms with Gasteiger partial charge in [-0.25, -0.2) is 4.98 Å². The number of H-pyrrole nitrogens is 1. The van der Waals surface area contributed by atoms with E-state index in [0.29, 0.717) is 33.5 Å². The van der Waals surface area contributed by atoms with Gasteiger partial charge in [-0.15, -0.1) is 0 Å². The van der Waals surface area contributed by atoms with Gasteiger partial charge >= 0.3 is 0 Å². The molecule has 178 valence electrons. The number of carbonyl (C=O) groups excluding carboxylic acids is 2. The van der Waals surface area contributed by atoms with Gasteiger partial charge in [0.1, 0.15) is 0 Å². The van der Waals surface area contributed by atoms with Crippen molar-refractivity contribution in [2.45, 2.75) is 37.5 Å². The SMILES string of the molecule is Cc1cc(NC(=O)CSc2nc3ccccc3c(=O)n2Cc2ccc(C(=O)NC3CC3)cc2)n[nH]1. The van der Waals surface area contributed by atoms with Crippen LogP contribution in [0.1, 0.15) is 34.5 Å². The van der Waals surface area contributed by atoms with Crippen LogP contribution in [0.4, 0.5) is 5.82 Å². The highest BCUT2D eigenvalue weighted by Gasteiger charge is 2.23. The lowest BCUT2D eigenvalue weighted by molar-refractivity contribution is -0.113. The first-order valence-electron chi connectivity index (χ1n) is 11.3.